The Labute approximate surface area is 173 Å². The molecule has 2 amide bonds. The molecule has 164 valence electrons. The number of amides is 2. The summed E-state index contributed by atoms with van der Waals surface area (Å²) in [5.41, 5.74) is -0.817. The van der Waals surface area contributed by atoms with Gasteiger partial charge in [-0.1, -0.05) is 12.1 Å². The molecule has 1 fully saturated rings. The van der Waals surface area contributed by atoms with Crippen molar-refractivity contribution in [2.75, 3.05) is 11.9 Å². The first-order valence-electron chi connectivity index (χ1n) is 9.49. The number of hydrogen-bond acceptors (Lipinski definition) is 3. The number of ether oxygens (including phenoxy) is 1. The molecule has 31 heavy (non-hydrogen) atoms. The van der Waals surface area contributed by atoms with Crippen molar-refractivity contribution >= 4 is 17.5 Å². The summed E-state index contributed by atoms with van der Waals surface area (Å²) >= 11 is 0. The van der Waals surface area contributed by atoms with Gasteiger partial charge in [-0.25, -0.2) is 8.78 Å². The average molecular weight is 440 g/mol. The molecular weight excluding hydrogens is 423 g/mol. The van der Waals surface area contributed by atoms with Crippen molar-refractivity contribution in [3.05, 3.63) is 58.7 Å². The number of fused-ring (bicyclic) bond motifs is 1. The van der Waals surface area contributed by atoms with Crippen molar-refractivity contribution in [3.63, 3.8) is 0 Å². The van der Waals surface area contributed by atoms with Crippen LogP contribution in [0.5, 0.6) is 5.75 Å². The quantitative estimate of drug-likeness (QED) is 0.692. The highest BCUT2D eigenvalue weighted by Crippen LogP contribution is 2.38. The van der Waals surface area contributed by atoms with Crippen LogP contribution in [0.3, 0.4) is 0 Å². The molecule has 2 aliphatic rings. The third-order valence-corrected chi connectivity index (χ3v) is 5.16. The number of hydrogen-bond donors (Lipinski definition) is 2. The zero-order valence-electron chi connectivity index (χ0n) is 16.0. The topological polar surface area (TPSA) is 67.4 Å². The van der Waals surface area contributed by atoms with Crippen LogP contribution in [0.15, 0.2) is 36.4 Å². The molecule has 0 atom stereocenters. The normalized spacial score (nSPS) is 17.3. The molecule has 5 nitrogen and oxygen atoms in total. The maximum Gasteiger partial charge on any atom is 0.416 e. The Morgan fingerprint density at radius 2 is 1.81 bits per heavy atom. The molecule has 1 saturated carbocycles. The predicted molar refractivity (Wildman–Crippen MR) is 100 cm³/mol. The van der Waals surface area contributed by atoms with Gasteiger partial charge in [0.25, 0.3) is 17.7 Å². The van der Waals surface area contributed by atoms with Crippen molar-refractivity contribution in [2.24, 2.45) is 0 Å². The number of carbonyl (C=O) groups excluding carboxylic acids is 2. The van der Waals surface area contributed by atoms with Crippen LogP contribution in [0.4, 0.5) is 27.6 Å². The van der Waals surface area contributed by atoms with Crippen LogP contribution in [0.1, 0.15) is 44.7 Å². The Morgan fingerprint density at radius 1 is 1.06 bits per heavy atom. The Morgan fingerprint density at radius 3 is 2.48 bits per heavy atom. The minimum absolute atomic E-state index is 0.162. The first-order valence-corrected chi connectivity index (χ1v) is 9.49. The summed E-state index contributed by atoms with van der Waals surface area (Å²) in [5.74, 6) is -4.13. The molecule has 2 aromatic carbocycles. The smallest absolute Gasteiger partial charge is 0.416 e. The number of para-hydroxylation sites is 1. The summed E-state index contributed by atoms with van der Waals surface area (Å²) in [7, 11) is 0. The zero-order chi connectivity index (χ0) is 22.4. The van der Waals surface area contributed by atoms with Crippen LogP contribution in [-0.2, 0) is 12.6 Å². The standard InChI is InChI=1S/C21H17F5N2O3/c22-20(23)9-15(10-20)28-18(29)12-6-13(21(24,25)26)8-14(7-12)27-19(30)16-3-1-2-11-4-5-31-17(11)16/h1-3,6-8,15H,4-5,9-10H2,(H,27,30)(H,28,29). The van der Waals surface area contributed by atoms with Crippen LogP contribution in [-0.4, -0.2) is 30.4 Å². The van der Waals surface area contributed by atoms with Gasteiger partial charge in [0.05, 0.1) is 17.7 Å². The minimum Gasteiger partial charge on any atom is -0.492 e. The first-order chi connectivity index (χ1) is 14.5. The van der Waals surface area contributed by atoms with Crippen molar-refractivity contribution in [3.8, 4) is 5.75 Å². The van der Waals surface area contributed by atoms with Crippen molar-refractivity contribution in [2.45, 2.75) is 37.4 Å². The highest BCUT2D eigenvalue weighted by Gasteiger charge is 2.46. The van der Waals surface area contributed by atoms with E-state index in [0.29, 0.717) is 30.9 Å². The highest BCUT2D eigenvalue weighted by molar-refractivity contribution is 6.07. The van der Waals surface area contributed by atoms with E-state index in [1.54, 1.807) is 12.1 Å². The van der Waals surface area contributed by atoms with Gasteiger partial charge in [0.2, 0.25) is 0 Å². The maximum atomic E-state index is 13.3. The first kappa shape index (κ1) is 21.1. The van der Waals surface area contributed by atoms with Gasteiger partial charge in [0, 0.05) is 36.6 Å². The van der Waals surface area contributed by atoms with Crippen molar-refractivity contribution in [1.29, 1.82) is 0 Å². The number of carbonyl (C=O) groups is 2. The Bertz CT molecular complexity index is 1040. The minimum atomic E-state index is -4.78. The summed E-state index contributed by atoms with van der Waals surface area (Å²) in [5, 5.41) is 4.67. The monoisotopic (exact) mass is 440 g/mol. The summed E-state index contributed by atoms with van der Waals surface area (Å²) in [6, 6.07) is 6.49. The average Bonchev–Trinajstić information content (AvgIpc) is 3.14. The lowest BCUT2D eigenvalue weighted by atomic mass is 9.88. The summed E-state index contributed by atoms with van der Waals surface area (Å²) in [6.07, 6.45) is -5.30. The van der Waals surface area contributed by atoms with E-state index >= 15 is 0 Å². The van der Waals surface area contributed by atoms with Crippen LogP contribution < -0.4 is 15.4 Å². The lowest BCUT2D eigenvalue weighted by molar-refractivity contribution is -0.137. The van der Waals surface area contributed by atoms with Gasteiger partial charge >= 0.3 is 6.18 Å². The second-order valence-electron chi connectivity index (χ2n) is 7.58. The van der Waals surface area contributed by atoms with E-state index in [2.05, 4.69) is 10.6 Å². The highest BCUT2D eigenvalue weighted by atomic mass is 19.4. The van der Waals surface area contributed by atoms with E-state index < -0.39 is 53.9 Å². The fraction of sp³-hybridized carbons (Fsp3) is 0.333. The molecule has 0 radical (unpaired) electrons. The van der Waals surface area contributed by atoms with Crippen LogP contribution in [0.2, 0.25) is 0 Å². The third kappa shape index (κ3) is 4.47. The molecule has 2 N–H and O–H groups in total. The van der Waals surface area contributed by atoms with E-state index in [9.17, 15) is 31.5 Å². The number of benzene rings is 2. The van der Waals surface area contributed by atoms with E-state index in [1.165, 1.54) is 6.07 Å². The summed E-state index contributed by atoms with van der Waals surface area (Å²) in [4.78, 5) is 25.0. The molecule has 0 spiro atoms. The number of nitrogens with one attached hydrogen (secondary N) is 2. The van der Waals surface area contributed by atoms with Gasteiger partial charge in [-0.2, -0.15) is 13.2 Å². The molecule has 1 aliphatic heterocycles. The van der Waals surface area contributed by atoms with E-state index in [0.717, 1.165) is 11.6 Å². The molecule has 0 bridgehead atoms. The second kappa shape index (κ2) is 7.51. The van der Waals surface area contributed by atoms with E-state index in [4.69, 9.17) is 4.74 Å². The van der Waals surface area contributed by atoms with Gasteiger partial charge in [0.1, 0.15) is 5.75 Å². The SMILES string of the molecule is O=C(NC1CC(F)(F)C1)c1cc(NC(=O)c2cccc3c2OCC3)cc(C(F)(F)F)c1. The van der Waals surface area contributed by atoms with Crippen molar-refractivity contribution in [1.82, 2.24) is 5.32 Å². The zero-order valence-corrected chi connectivity index (χ0v) is 16.0. The van der Waals surface area contributed by atoms with Crippen LogP contribution in [0, 0.1) is 0 Å². The van der Waals surface area contributed by atoms with Gasteiger partial charge < -0.3 is 15.4 Å². The lowest BCUT2D eigenvalue weighted by Crippen LogP contribution is -2.50. The van der Waals surface area contributed by atoms with Gasteiger partial charge in [0.15, 0.2) is 0 Å². The van der Waals surface area contributed by atoms with Gasteiger partial charge in [-0.05, 0) is 29.8 Å². The fourth-order valence-electron chi connectivity index (χ4n) is 3.62. The number of alkyl halides is 5. The number of halogens is 5. The Kier molecular flexibility index (Phi) is 5.10. The van der Waals surface area contributed by atoms with E-state index in [1.807, 2.05) is 0 Å². The third-order valence-electron chi connectivity index (χ3n) is 5.16. The molecule has 4 rings (SSSR count). The maximum absolute atomic E-state index is 13.3. The van der Waals surface area contributed by atoms with Gasteiger partial charge in [-0.15, -0.1) is 0 Å². The van der Waals surface area contributed by atoms with Crippen LogP contribution in [0.25, 0.3) is 0 Å². The molecule has 2 aromatic rings. The van der Waals surface area contributed by atoms with E-state index in [-0.39, 0.29) is 11.3 Å². The summed E-state index contributed by atoms with van der Waals surface area (Å²) in [6.45, 7) is 0.397. The second-order valence-corrected chi connectivity index (χ2v) is 7.58. The molecule has 1 heterocycles. The predicted octanol–water partition coefficient (Wildman–Crippen LogP) is 4.42. The molecule has 0 unspecified atom stereocenters. The fourth-order valence-corrected chi connectivity index (χ4v) is 3.62. The molecular formula is C21H17F5N2O3. The Hall–Kier alpha value is -3.17. The van der Waals surface area contributed by atoms with Crippen molar-refractivity contribution < 1.29 is 36.3 Å². The molecule has 1 aliphatic carbocycles. The lowest BCUT2D eigenvalue weighted by Gasteiger charge is -2.35. The van der Waals surface area contributed by atoms with Gasteiger partial charge in [-0.3, -0.25) is 9.59 Å². The number of rotatable bonds is 4. The largest absolute Gasteiger partial charge is 0.492 e. The Balaban J connectivity index is 1.58. The number of anilines is 1. The molecule has 0 aromatic heterocycles. The molecule has 0 saturated heterocycles. The van der Waals surface area contributed by atoms with Crippen LogP contribution >= 0.6 is 0 Å². The summed E-state index contributed by atoms with van der Waals surface area (Å²) < 4.78 is 71.4. The molecule has 10 heteroatoms.